The number of ether oxygens (including phenoxy) is 1. The van der Waals surface area contributed by atoms with Gasteiger partial charge in [-0.05, 0) is 37.1 Å². The van der Waals surface area contributed by atoms with Crippen LogP contribution in [0.25, 0.3) is 22.2 Å². The molecule has 10 heteroatoms. The fraction of sp³-hybridized carbons (Fsp3) is 0.250. The number of anilines is 1. The highest BCUT2D eigenvalue weighted by atomic mass is 35.5. The average molecular weight is 479 g/mol. The van der Waals surface area contributed by atoms with E-state index in [9.17, 15) is 9.59 Å². The number of aromatic nitrogens is 4. The van der Waals surface area contributed by atoms with Crippen LogP contribution in [0.3, 0.4) is 0 Å². The van der Waals surface area contributed by atoms with Gasteiger partial charge in [-0.1, -0.05) is 17.7 Å². The Morgan fingerprint density at radius 2 is 2.03 bits per heavy atom. The van der Waals surface area contributed by atoms with Gasteiger partial charge in [0.25, 0.3) is 5.91 Å². The third kappa shape index (κ3) is 4.22. The molecule has 4 aromatic rings. The normalized spacial score (nSPS) is 14.4. The number of H-pyrrole nitrogens is 2. The van der Waals surface area contributed by atoms with Crippen molar-refractivity contribution >= 4 is 40.0 Å². The number of nitrogens with one attached hydrogen (secondary N) is 3. The smallest absolute Gasteiger partial charge is 0.274 e. The van der Waals surface area contributed by atoms with Gasteiger partial charge in [0, 0.05) is 47.7 Å². The summed E-state index contributed by atoms with van der Waals surface area (Å²) in [6.45, 7) is 0.967. The second-order valence-electron chi connectivity index (χ2n) is 8.17. The van der Waals surface area contributed by atoms with Gasteiger partial charge in [-0.2, -0.15) is 5.10 Å². The average Bonchev–Trinajstić information content (AvgIpc) is 3.55. The fourth-order valence-electron chi connectivity index (χ4n) is 4.24. The van der Waals surface area contributed by atoms with E-state index in [1.165, 1.54) is 13.3 Å². The Kier molecular flexibility index (Phi) is 5.93. The summed E-state index contributed by atoms with van der Waals surface area (Å²) in [5, 5.41) is 11.5. The number of nitrogens with zero attached hydrogens (tertiary/aromatic N) is 3. The zero-order valence-corrected chi connectivity index (χ0v) is 19.2. The zero-order chi connectivity index (χ0) is 23.7. The lowest BCUT2D eigenvalue weighted by molar-refractivity contribution is -0.121. The van der Waals surface area contributed by atoms with Crippen LogP contribution >= 0.6 is 11.6 Å². The summed E-state index contributed by atoms with van der Waals surface area (Å²) < 4.78 is 5.15. The van der Waals surface area contributed by atoms with Crippen LogP contribution in [0.4, 0.5) is 5.69 Å². The van der Waals surface area contributed by atoms with E-state index in [2.05, 4.69) is 25.5 Å². The number of hydrogen-bond acceptors (Lipinski definition) is 5. The Morgan fingerprint density at radius 3 is 2.82 bits per heavy atom. The molecule has 0 unspecified atom stereocenters. The first-order valence-electron chi connectivity index (χ1n) is 10.9. The molecule has 1 fully saturated rings. The summed E-state index contributed by atoms with van der Waals surface area (Å²) in [6, 6.07) is 11.1. The van der Waals surface area contributed by atoms with Crippen LogP contribution in [0.5, 0.6) is 5.88 Å². The number of amides is 2. The van der Waals surface area contributed by atoms with E-state index in [4.69, 9.17) is 16.3 Å². The molecule has 5 rings (SSSR count). The van der Waals surface area contributed by atoms with Crippen molar-refractivity contribution in [2.75, 3.05) is 25.5 Å². The van der Waals surface area contributed by atoms with Crippen molar-refractivity contribution in [3.63, 3.8) is 0 Å². The van der Waals surface area contributed by atoms with Crippen LogP contribution in [-0.4, -0.2) is 57.1 Å². The molecule has 9 nitrogen and oxygen atoms in total. The number of rotatable bonds is 5. The first kappa shape index (κ1) is 22.0. The van der Waals surface area contributed by atoms with Crippen LogP contribution < -0.4 is 10.1 Å². The Labute approximate surface area is 200 Å². The van der Waals surface area contributed by atoms with Gasteiger partial charge in [0.1, 0.15) is 0 Å². The van der Waals surface area contributed by atoms with Crippen molar-refractivity contribution in [2.45, 2.75) is 12.8 Å². The van der Waals surface area contributed by atoms with E-state index >= 15 is 0 Å². The summed E-state index contributed by atoms with van der Waals surface area (Å²) in [4.78, 5) is 34.8. The molecule has 174 valence electrons. The predicted molar refractivity (Wildman–Crippen MR) is 129 cm³/mol. The Balaban J connectivity index is 1.22. The van der Waals surface area contributed by atoms with E-state index in [0.29, 0.717) is 53.8 Å². The number of likely N-dealkylation sites (tertiary alicyclic amines) is 1. The summed E-state index contributed by atoms with van der Waals surface area (Å²) in [5.74, 6) is 0.0470. The number of aromatic amines is 2. The van der Waals surface area contributed by atoms with Crippen molar-refractivity contribution in [1.29, 1.82) is 0 Å². The molecule has 0 radical (unpaired) electrons. The zero-order valence-electron chi connectivity index (χ0n) is 18.5. The molecule has 34 heavy (non-hydrogen) atoms. The standard InChI is InChI=1S/C24H23ClN6O3/c1-34-22-11-16(17(25)13-27-22)20-12-21(30-29-20)24(33)31-9-6-14(7-10-31)23(32)28-19-4-2-3-18-15(19)5-8-26-18/h2-5,8,11-14,26H,6-7,9-10H2,1H3,(H,28,32)(H,29,30). The molecular weight excluding hydrogens is 456 g/mol. The fourth-order valence-corrected chi connectivity index (χ4v) is 4.45. The van der Waals surface area contributed by atoms with Crippen molar-refractivity contribution in [3.05, 3.63) is 59.5 Å². The number of piperidine rings is 1. The molecule has 0 spiro atoms. The van der Waals surface area contributed by atoms with E-state index in [-0.39, 0.29) is 17.7 Å². The molecule has 4 heterocycles. The number of carbonyl (C=O) groups excluding carboxylic acids is 2. The van der Waals surface area contributed by atoms with Gasteiger partial charge in [-0.3, -0.25) is 14.7 Å². The van der Waals surface area contributed by atoms with Gasteiger partial charge in [0.15, 0.2) is 5.69 Å². The van der Waals surface area contributed by atoms with Crippen molar-refractivity contribution in [2.24, 2.45) is 5.92 Å². The predicted octanol–water partition coefficient (Wildman–Crippen LogP) is 4.11. The summed E-state index contributed by atoms with van der Waals surface area (Å²) in [5.41, 5.74) is 3.31. The van der Waals surface area contributed by atoms with Gasteiger partial charge >= 0.3 is 0 Å². The molecule has 3 aromatic heterocycles. The number of methoxy groups -OCH3 is 1. The topological polar surface area (TPSA) is 116 Å². The Bertz CT molecular complexity index is 1360. The Morgan fingerprint density at radius 1 is 1.21 bits per heavy atom. The number of carbonyl (C=O) groups is 2. The molecule has 3 N–H and O–H groups in total. The SMILES string of the molecule is COc1cc(-c2cc(C(=O)N3CCC(C(=O)Nc4cccc5[nH]ccc45)CC3)n[nH]2)c(Cl)cn1. The third-order valence-electron chi connectivity index (χ3n) is 6.13. The second-order valence-corrected chi connectivity index (χ2v) is 8.58. The molecular formula is C24H23ClN6O3. The molecule has 2 amide bonds. The van der Waals surface area contributed by atoms with E-state index in [1.54, 1.807) is 17.0 Å². The number of halogens is 1. The van der Waals surface area contributed by atoms with Crippen LogP contribution in [0.1, 0.15) is 23.3 Å². The highest BCUT2D eigenvalue weighted by Gasteiger charge is 2.29. The molecule has 0 saturated carbocycles. The number of fused-ring (bicyclic) bond motifs is 1. The lowest BCUT2D eigenvalue weighted by atomic mass is 9.95. The van der Waals surface area contributed by atoms with Crippen molar-refractivity contribution in [3.8, 4) is 17.1 Å². The van der Waals surface area contributed by atoms with Gasteiger partial charge < -0.3 is 19.9 Å². The highest BCUT2D eigenvalue weighted by Crippen LogP contribution is 2.30. The number of pyridine rings is 1. The quantitative estimate of drug-likeness (QED) is 0.399. The molecule has 1 aromatic carbocycles. The summed E-state index contributed by atoms with van der Waals surface area (Å²) in [6.07, 6.45) is 4.52. The van der Waals surface area contributed by atoms with Crippen molar-refractivity contribution < 1.29 is 14.3 Å². The molecule has 0 bridgehead atoms. The first-order valence-corrected chi connectivity index (χ1v) is 11.3. The summed E-state index contributed by atoms with van der Waals surface area (Å²) >= 11 is 6.25. The number of hydrogen-bond donors (Lipinski definition) is 3. The van der Waals surface area contributed by atoms with E-state index < -0.39 is 0 Å². The van der Waals surface area contributed by atoms with Crippen LogP contribution in [0.2, 0.25) is 5.02 Å². The first-order chi connectivity index (χ1) is 16.5. The summed E-state index contributed by atoms with van der Waals surface area (Å²) in [7, 11) is 1.52. The highest BCUT2D eigenvalue weighted by molar-refractivity contribution is 6.33. The van der Waals surface area contributed by atoms with E-state index in [1.807, 2.05) is 30.5 Å². The van der Waals surface area contributed by atoms with Gasteiger partial charge in [0.2, 0.25) is 11.8 Å². The van der Waals surface area contributed by atoms with Crippen LogP contribution in [0, 0.1) is 5.92 Å². The van der Waals surface area contributed by atoms with Crippen LogP contribution in [0.15, 0.2) is 48.8 Å². The minimum atomic E-state index is -0.185. The van der Waals surface area contributed by atoms with Crippen LogP contribution in [-0.2, 0) is 4.79 Å². The minimum Gasteiger partial charge on any atom is -0.481 e. The molecule has 1 aliphatic rings. The third-order valence-corrected chi connectivity index (χ3v) is 6.43. The maximum Gasteiger partial charge on any atom is 0.274 e. The van der Waals surface area contributed by atoms with Gasteiger partial charge in [0.05, 0.1) is 29.7 Å². The second kappa shape index (κ2) is 9.18. The monoisotopic (exact) mass is 478 g/mol. The lowest BCUT2D eigenvalue weighted by Crippen LogP contribution is -2.41. The van der Waals surface area contributed by atoms with Gasteiger partial charge in [-0.25, -0.2) is 4.98 Å². The minimum absolute atomic E-state index is 0.0240. The maximum absolute atomic E-state index is 13.0. The lowest BCUT2D eigenvalue weighted by Gasteiger charge is -2.30. The largest absolute Gasteiger partial charge is 0.481 e. The van der Waals surface area contributed by atoms with E-state index in [0.717, 1.165) is 16.6 Å². The molecule has 0 atom stereocenters. The molecule has 1 aliphatic heterocycles. The molecule has 0 aliphatic carbocycles. The van der Waals surface area contributed by atoms with Gasteiger partial charge in [-0.15, -0.1) is 0 Å². The maximum atomic E-state index is 13.0. The molecule has 1 saturated heterocycles. The number of benzene rings is 1. The van der Waals surface area contributed by atoms with Crippen molar-refractivity contribution in [1.82, 2.24) is 25.1 Å². The Hall–Kier alpha value is -3.85.